The summed E-state index contributed by atoms with van der Waals surface area (Å²) in [7, 11) is 0. The van der Waals surface area contributed by atoms with Gasteiger partial charge in [0.05, 0.1) is 0 Å². The van der Waals surface area contributed by atoms with Gasteiger partial charge in [-0.2, -0.15) is 4.98 Å². The molecule has 1 atom stereocenters. The molecule has 2 aromatic rings. The number of nitrogens with one attached hydrogen (secondary N) is 2. The van der Waals surface area contributed by atoms with Crippen LogP contribution in [0.25, 0.3) is 11.4 Å². The fourth-order valence-corrected chi connectivity index (χ4v) is 3.45. The van der Waals surface area contributed by atoms with Gasteiger partial charge in [0.25, 0.3) is 0 Å². The molecule has 1 unspecified atom stereocenters. The SMILES string of the molecule is CC(CC(=O)NCCc1nc(-c2ccc(Cl)cc2)no1)C1CCNCC1.Cl. The Labute approximate surface area is 170 Å². The van der Waals surface area contributed by atoms with Crippen LogP contribution >= 0.6 is 24.0 Å². The average molecular weight is 413 g/mol. The smallest absolute Gasteiger partial charge is 0.228 e. The molecule has 27 heavy (non-hydrogen) atoms. The zero-order chi connectivity index (χ0) is 18.4. The average Bonchev–Trinajstić information content (AvgIpc) is 3.12. The Hall–Kier alpha value is -1.63. The Morgan fingerprint density at radius 3 is 2.74 bits per heavy atom. The molecule has 3 rings (SSSR count). The Bertz CT molecular complexity index is 715. The topological polar surface area (TPSA) is 80.1 Å². The molecule has 1 amide bonds. The van der Waals surface area contributed by atoms with Gasteiger partial charge in [-0.15, -0.1) is 12.4 Å². The summed E-state index contributed by atoms with van der Waals surface area (Å²) < 4.78 is 5.26. The molecule has 0 radical (unpaired) electrons. The van der Waals surface area contributed by atoms with Crippen molar-refractivity contribution >= 4 is 29.9 Å². The molecular formula is C19H26Cl2N4O2. The first-order valence-electron chi connectivity index (χ1n) is 9.18. The number of piperidine rings is 1. The minimum absolute atomic E-state index is 0. The molecule has 1 aromatic heterocycles. The van der Waals surface area contributed by atoms with Crippen molar-refractivity contribution in [2.24, 2.45) is 11.8 Å². The third kappa shape index (κ3) is 6.48. The highest BCUT2D eigenvalue weighted by molar-refractivity contribution is 6.30. The molecule has 1 aliphatic heterocycles. The Morgan fingerprint density at radius 2 is 2.04 bits per heavy atom. The van der Waals surface area contributed by atoms with Crippen molar-refractivity contribution in [2.45, 2.75) is 32.6 Å². The van der Waals surface area contributed by atoms with Crippen molar-refractivity contribution in [2.75, 3.05) is 19.6 Å². The van der Waals surface area contributed by atoms with Crippen molar-refractivity contribution in [1.82, 2.24) is 20.8 Å². The fraction of sp³-hybridized carbons (Fsp3) is 0.526. The normalized spacial score (nSPS) is 15.8. The Balaban J connectivity index is 0.00000261. The van der Waals surface area contributed by atoms with Crippen LogP contribution in [0.5, 0.6) is 0 Å². The molecule has 0 saturated carbocycles. The molecule has 6 nitrogen and oxygen atoms in total. The maximum absolute atomic E-state index is 12.1. The van der Waals surface area contributed by atoms with Crippen LogP contribution in [0.15, 0.2) is 28.8 Å². The van der Waals surface area contributed by atoms with Gasteiger partial charge in [0.2, 0.25) is 17.6 Å². The molecule has 0 aliphatic carbocycles. The highest BCUT2D eigenvalue weighted by Crippen LogP contribution is 2.24. The lowest BCUT2D eigenvalue weighted by Gasteiger charge is -2.27. The number of nitrogens with zero attached hydrogens (tertiary/aromatic N) is 2. The van der Waals surface area contributed by atoms with Gasteiger partial charge in [0.15, 0.2) is 0 Å². The van der Waals surface area contributed by atoms with Crippen molar-refractivity contribution in [3.8, 4) is 11.4 Å². The molecule has 1 aliphatic rings. The van der Waals surface area contributed by atoms with E-state index in [2.05, 4.69) is 27.7 Å². The number of carbonyl (C=O) groups excluding carboxylic acids is 1. The fourth-order valence-electron chi connectivity index (χ4n) is 3.33. The van der Waals surface area contributed by atoms with Crippen LogP contribution in [0.3, 0.4) is 0 Å². The van der Waals surface area contributed by atoms with E-state index in [0.29, 0.717) is 48.0 Å². The van der Waals surface area contributed by atoms with Gasteiger partial charge in [-0.25, -0.2) is 0 Å². The molecule has 148 valence electrons. The molecule has 0 spiro atoms. The van der Waals surface area contributed by atoms with E-state index in [9.17, 15) is 4.79 Å². The van der Waals surface area contributed by atoms with Crippen LogP contribution in [0.2, 0.25) is 5.02 Å². The Kier molecular flexibility index (Phi) is 8.54. The maximum atomic E-state index is 12.1. The number of benzene rings is 1. The zero-order valence-corrected chi connectivity index (χ0v) is 17.0. The van der Waals surface area contributed by atoms with E-state index in [1.54, 1.807) is 12.1 Å². The number of hydrogen-bond donors (Lipinski definition) is 2. The van der Waals surface area contributed by atoms with Gasteiger partial charge in [0, 0.05) is 30.0 Å². The predicted molar refractivity (Wildman–Crippen MR) is 108 cm³/mol. The second-order valence-corrected chi connectivity index (χ2v) is 7.32. The number of amides is 1. The first kappa shape index (κ1) is 21.7. The van der Waals surface area contributed by atoms with Crippen molar-refractivity contribution in [3.05, 3.63) is 35.2 Å². The zero-order valence-electron chi connectivity index (χ0n) is 15.4. The maximum Gasteiger partial charge on any atom is 0.228 e. The van der Waals surface area contributed by atoms with Crippen LogP contribution in [0.4, 0.5) is 0 Å². The lowest BCUT2D eigenvalue weighted by molar-refractivity contribution is -0.122. The number of hydrogen-bond acceptors (Lipinski definition) is 5. The summed E-state index contributed by atoms with van der Waals surface area (Å²) in [4.78, 5) is 16.5. The lowest BCUT2D eigenvalue weighted by atomic mass is 9.84. The minimum atomic E-state index is 0. The minimum Gasteiger partial charge on any atom is -0.356 e. The number of aromatic nitrogens is 2. The van der Waals surface area contributed by atoms with Gasteiger partial charge < -0.3 is 15.2 Å². The molecule has 1 aromatic carbocycles. The number of carbonyl (C=O) groups is 1. The summed E-state index contributed by atoms with van der Waals surface area (Å²) in [5, 5.41) is 11.0. The van der Waals surface area contributed by atoms with Crippen LogP contribution in [-0.4, -0.2) is 35.7 Å². The van der Waals surface area contributed by atoms with E-state index in [4.69, 9.17) is 16.1 Å². The molecule has 8 heteroatoms. The molecular weight excluding hydrogens is 387 g/mol. The third-order valence-electron chi connectivity index (χ3n) is 4.93. The van der Waals surface area contributed by atoms with E-state index in [1.807, 2.05) is 12.1 Å². The summed E-state index contributed by atoms with van der Waals surface area (Å²) in [6.07, 6.45) is 3.41. The van der Waals surface area contributed by atoms with Crippen LogP contribution in [0, 0.1) is 11.8 Å². The summed E-state index contributed by atoms with van der Waals surface area (Å²) in [5.74, 6) is 2.19. The van der Waals surface area contributed by atoms with Crippen molar-refractivity contribution < 1.29 is 9.32 Å². The first-order chi connectivity index (χ1) is 12.6. The lowest BCUT2D eigenvalue weighted by Crippen LogP contribution is -2.34. The summed E-state index contributed by atoms with van der Waals surface area (Å²) >= 11 is 5.88. The summed E-state index contributed by atoms with van der Waals surface area (Å²) in [6, 6.07) is 7.27. The Morgan fingerprint density at radius 1 is 1.33 bits per heavy atom. The largest absolute Gasteiger partial charge is 0.356 e. The van der Waals surface area contributed by atoms with Gasteiger partial charge in [-0.3, -0.25) is 4.79 Å². The van der Waals surface area contributed by atoms with E-state index in [1.165, 1.54) is 0 Å². The van der Waals surface area contributed by atoms with Crippen molar-refractivity contribution in [1.29, 1.82) is 0 Å². The second kappa shape index (κ2) is 10.6. The monoisotopic (exact) mass is 412 g/mol. The van der Waals surface area contributed by atoms with Gasteiger partial charge in [-0.05, 0) is 62.0 Å². The number of rotatable bonds is 7. The van der Waals surface area contributed by atoms with Gasteiger partial charge in [-0.1, -0.05) is 23.7 Å². The summed E-state index contributed by atoms with van der Waals surface area (Å²) in [6.45, 7) is 4.79. The quantitative estimate of drug-likeness (QED) is 0.727. The van der Waals surface area contributed by atoms with Gasteiger partial charge in [0.1, 0.15) is 0 Å². The van der Waals surface area contributed by atoms with Crippen molar-refractivity contribution in [3.63, 3.8) is 0 Å². The molecule has 0 bridgehead atoms. The van der Waals surface area contributed by atoms with E-state index >= 15 is 0 Å². The molecule has 1 fully saturated rings. The van der Waals surface area contributed by atoms with E-state index < -0.39 is 0 Å². The number of halogens is 2. The molecule has 2 N–H and O–H groups in total. The van der Waals surface area contributed by atoms with Crippen LogP contribution in [-0.2, 0) is 11.2 Å². The van der Waals surface area contributed by atoms with Crippen LogP contribution < -0.4 is 10.6 Å². The third-order valence-corrected chi connectivity index (χ3v) is 5.18. The second-order valence-electron chi connectivity index (χ2n) is 6.89. The van der Waals surface area contributed by atoms with Gasteiger partial charge >= 0.3 is 0 Å². The summed E-state index contributed by atoms with van der Waals surface area (Å²) in [5.41, 5.74) is 0.851. The molecule has 2 heterocycles. The highest BCUT2D eigenvalue weighted by atomic mass is 35.5. The standard InChI is InChI=1S/C19H25ClN4O2.ClH/c1-13(14-6-9-21-10-7-14)12-17(25)22-11-8-18-23-19(24-26-18)15-2-4-16(20)5-3-15;/h2-5,13-14,21H,6-12H2,1H3,(H,22,25);1H. The van der Waals surface area contributed by atoms with Crippen LogP contribution in [0.1, 0.15) is 32.1 Å². The first-order valence-corrected chi connectivity index (χ1v) is 9.55. The predicted octanol–water partition coefficient (Wildman–Crippen LogP) is 3.50. The molecule has 1 saturated heterocycles. The highest BCUT2D eigenvalue weighted by Gasteiger charge is 2.21. The van der Waals surface area contributed by atoms with E-state index in [0.717, 1.165) is 31.5 Å². The van der Waals surface area contributed by atoms with E-state index in [-0.39, 0.29) is 18.3 Å².